The third kappa shape index (κ3) is 5.20. The number of nitrogens with one attached hydrogen (secondary N) is 2. The first-order valence-corrected chi connectivity index (χ1v) is 9.30. The van der Waals surface area contributed by atoms with E-state index in [2.05, 4.69) is 22.4 Å². The maximum absolute atomic E-state index is 12.3. The molecule has 30 heavy (non-hydrogen) atoms. The van der Waals surface area contributed by atoms with Crippen molar-refractivity contribution < 1.29 is 14.7 Å². The van der Waals surface area contributed by atoms with Crippen LogP contribution < -0.4 is 10.7 Å². The van der Waals surface area contributed by atoms with E-state index in [1.165, 1.54) is 6.21 Å². The van der Waals surface area contributed by atoms with Crippen LogP contribution in [0, 0.1) is 0 Å². The molecule has 0 aromatic heterocycles. The Morgan fingerprint density at radius 1 is 0.900 bits per heavy atom. The first-order valence-electron chi connectivity index (χ1n) is 9.30. The highest BCUT2D eigenvalue weighted by molar-refractivity contribution is 6.04. The average molecular weight is 399 g/mol. The molecule has 3 N–H and O–H groups in total. The topological polar surface area (TPSA) is 90.8 Å². The second-order valence-corrected chi connectivity index (χ2v) is 6.44. The normalized spacial score (nSPS) is 10.5. The Kier molecular flexibility index (Phi) is 6.74. The number of carbonyl (C=O) groups excluding carboxylic acids is 2. The predicted octanol–water partition coefficient (Wildman–Crippen LogP) is 4.14. The molecule has 0 saturated carbocycles. The second kappa shape index (κ2) is 9.84. The van der Waals surface area contributed by atoms with E-state index in [0.717, 1.165) is 5.56 Å². The molecule has 0 radical (unpaired) electrons. The summed E-state index contributed by atoms with van der Waals surface area (Å²) in [7, 11) is 0. The Morgan fingerprint density at radius 2 is 1.60 bits per heavy atom. The van der Waals surface area contributed by atoms with Crippen LogP contribution in [0.15, 0.2) is 90.6 Å². The lowest BCUT2D eigenvalue weighted by Crippen LogP contribution is -2.18. The number of phenolic OH excluding ortho intramolecular Hbond substituents is 1. The number of para-hydroxylation sites is 1. The van der Waals surface area contributed by atoms with Gasteiger partial charge in [0.05, 0.1) is 6.21 Å². The lowest BCUT2D eigenvalue weighted by Gasteiger charge is -2.06. The molecule has 0 fully saturated rings. The summed E-state index contributed by atoms with van der Waals surface area (Å²) >= 11 is 0. The zero-order valence-electron chi connectivity index (χ0n) is 16.2. The summed E-state index contributed by atoms with van der Waals surface area (Å²) in [5.74, 6) is -0.529. The first kappa shape index (κ1) is 20.5. The number of aromatic hydroxyl groups is 1. The van der Waals surface area contributed by atoms with Gasteiger partial charge in [0.15, 0.2) is 0 Å². The molecule has 0 atom stereocenters. The van der Waals surface area contributed by atoms with E-state index in [-0.39, 0.29) is 11.7 Å². The zero-order valence-corrected chi connectivity index (χ0v) is 16.2. The molecule has 0 bridgehead atoms. The van der Waals surface area contributed by atoms with Crippen LogP contribution in [-0.2, 0) is 6.42 Å². The van der Waals surface area contributed by atoms with Crippen molar-refractivity contribution in [3.63, 3.8) is 0 Å². The molecule has 0 saturated heterocycles. The number of rotatable bonds is 7. The Balaban J connectivity index is 1.60. The number of hydrazone groups is 1. The summed E-state index contributed by atoms with van der Waals surface area (Å²) in [6.45, 7) is 3.66. The Labute approximate surface area is 174 Å². The van der Waals surface area contributed by atoms with Crippen molar-refractivity contribution in [2.75, 3.05) is 5.32 Å². The Hall–Kier alpha value is -4.19. The number of anilines is 1. The number of phenols is 1. The van der Waals surface area contributed by atoms with Crippen LogP contribution in [-0.4, -0.2) is 23.1 Å². The van der Waals surface area contributed by atoms with E-state index < -0.39 is 5.91 Å². The van der Waals surface area contributed by atoms with Gasteiger partial charge in [-0.3, -0.25) is 9.59 Å². The molecule has 150 valence electrons. The van der Waals surface area contributed by atoms with Gasteiger partial charge in [0.1, 0.15) is 5.75 Å². The molecule has 3 aromatic rings. The molecular formula is C24H21N3O3. The third-order valence-corrected chi connectivity index (χ3v) is 4.33. The van der Waals surface area contributed by atoms with Gasteiger partial charge in [-0.1, -0.05) is 36.4 Å². The number of hydrogen-bond donors (Lipinski definition) is 3. The van der Waals surface area contributed by atoms with Crippen LogP contribution in [0.4, 0.5) is 5.69 Å². The highest BCUT2D eigenvalue weighted by Crippen LogP contribution is 2.21. The van der Waals surface area contributed by atoms with Gasteiger partial charge in [0.25, 0.3) is 11.8 Å². The maximum atomic E-state index is 12.3. The summed E-state index contributed by atoms with van der Waals surface area (Å²) in [6.07, 6.45) is 3.62. The van der Waals surface area contributed by atoms with E-state index in [9.17, 15) is 14.7 Å². The fourth-order valence-corrected chi connectivity index (χ4v) is 2.76. The highest BCUT2D eigenvalue weighted by atomic mass is 16.3. The molecule has 0 unspecified atom stereocenters. The Morgan fingerprint density at radius 3 is 2.30 bits per heavy atom. The van der Waals surface area contributed by atoms with Crippen LogP contribution in [0.3, 0.4) is 0 Å². The van der Waals surface area contributed by atoms with Crippen molar-refractivity contribution in [1.29, 1.82) is 0 Å². The van der Waals surface area contributed by atoms with Crippen molar-refractivity contribution in [2.45, 2.75) is 6.42 Å². The van der Waals surface area contributed by atoms with E-state index in [1.54, 1.807) is 72.8 Å². The monoisotopic (exact) mass is 399 g/mol. The summed E-state index contributed by atoms with van der Waals surface area (Å²) in [6, 6.07) is 20.6. The average Bonchev–Trinajstić information content (AvgIpc) is 2.77. The number of benzene rings is 3. The number of carbonyl (C=O) groups is 2. The van der Waals surface area contributed by atoms with Gasteiger partial charge < -0.3 is 10.4 Å². The van der Waals surface area contributed by atoms with E-state index in [0.29, 0.717) is 28.8 Å². The molecule has 0 aliphatic heterocycles. The highest BCUT2D eigenvalue weighted by Gasteiger charge is 2.08. The van der Waals surface area contributed by atoms with Crippen molar-refractivity contribution in [2.24, 2.45) is 5.10 Å². The van der Waals surface area contributed by atoms with Gasteiger partial charge in [-0.25, -0.2) is 5.43 Å². The minimum absolute atomic E-state index is 0.105. The van der Waals surface area contributed by atoms with E-state index >= 15 is 0 Å². The number of amides is 2. The van der Waals surface area contributed by atoms with Gasteiger partial charge >= 0.3 is 0 Å². The number of allylic oxidation sites excluding steroid dienone is 1. The summed E-state index contributed by atoms with van der Waals surface area (Å²) < 4.78 is 0. The lowest BCUT2D eigenvalue weighted by molar-refractivity contribution is 0.0954. The molecule has 6 heteroatoms. The summed E-state index contributed by atoms with van der Waals surface area (Å²) in [5.41, 5.74) is 5.16. The Bertz CT molecular complexity index is 1070. The molecule has 2 amide bonds. The smallest absolute Gasteiger partial charge is 0.271 e. The van der Waals surface area contributed by atoms with Gasteiger partial charge in [-0.2, -0.15) is 5.10 Å². The van der Waals surface area contributed by atoms with Crippen LogP contribution in [0.2, 0.25) is 0 Å². The first-order chi connectivity index (χ1) is 14.6. The summed E-state index contributed by atoms with van der Waals surface area (Å²) in [5, 5.41) is 16.9. The molecule has 0 spiro atoms. The van der Waals surface area contributed by atoms with Gasteiger partial charge in [-0.15, -0.1) is 6.58 Å². The summed E-state index contributed by atoms with van der Waals surface area (Å²) in [4.78, 5) is 24.4. The fraction of sp³-hybridized carbons (Fsp3) is 0.0417. The molecule has 3 rings (SSSR count). The van der Waals surface area contributed by atoms with Crippen LogP contribution in [0.1, 0.15) is 31.8 Å². The van der Waals surface area contributed by atoms with E-state index in [1.807, 2.05) is 6.07 Å². The van der Waals surface area contributed by atoms with Gasteiger partial charge in [0.2, 0.25) is 0 Å². The van der Waals surface area contributed by atoms with Gasteiger partial charge in [0, 0.05) is 22.4 Å². The second-order valence-electron chi connectivity index (χ2n) is 6.44. The quantitative estimate of drug-likeness (QED) is 0.317. The standard InChI is InChI=1S/C24H21N3O3/c1-2-7-17-10-6-11-20(22(17)28)16-25-27-24(30)19-12-14-21(15-13-19)26-23(29)18-8-4-3-5-9-18/h2-6,8-16,28H,1,7H2,(H,26,29)(H,27,30)/b25-16+. The van der Waals surface area contributed by atoms with Crippen molar-refractivity contribution in [3.05, 3.63) is 108 Å². The molecular weight excluding hydrogens is 378 g/mol. The molecule has 0 aliphatic carbocycles. The third-order valence-electron chi connectivity index (χ3n) is 4.33. The molecule has 3 aromatic carbocycles. The van der Waals surface area contributed by atoms with Crippen LogP contribution in [0.5, 0.6) is 5.75 Å². The van der Waals surface area contributed by atoms with Crippen molar-refractivity contribution >= 4 is 23.7 Å². The van der Waals surface area contributed by atoms with E-state index in [4.69, 9.17) is 0 Å². The number of hydrogen-bond acceptors (Lipinski definition) is 4. The molecule has 0 heterocycles. The SMILES string of the molecule is C=CCc1cccc(/C=N/NC(=O)c2ccc(NC(=O)c3ccccc3)cc2)c1O. The van der Waals surface area contributed by atoms with Crippen LogP contribution >= 0.6 is 0 Å². The maximum Gasteiger partial charge on any atom is 0.271 e. The predicted molar refractivity (Wildman–Crippen MR) is 118 cm³/mol. The molecule has 0 aliphatic rings. The minimum Gasteiger partial charge on any atom is -0.507 e. The number of nitrogens with zero attached hydrogens (tertiary/aromatic N) is 1. The van der Waals surface area contributed by atoms with Crippen molar-refractivity contribution in [3.8, 4) is 5.75 Å². The zero-order chi connectivity index (χ0) is 21.3. The molecule has 6 nitrogen and oxygen atoms in total. The fourth-order valence-electron chi connectivity index (χ4n) is 2.76. The largest absolute Gasteiger partial charge is 0.507 e. The minimum atomic E-state index is -0.408. The van der Waals surface area contributed by atoms with Gasteiger partial charge in [-0.05, 0) is 54.4 Å². The van der Waals surface area contributed by atoms with Crippen molar-refractivity contribution in [1.82, 2.24) is 5.43 Å². The van der Waals surface area contributed by atoms with Crippen LogP contribution in [0.25, 0.3) is 0 Å². The lowest BCUT2D eigenvalue weighted by atomic mass is 10.1.